The van der Waals surface area contributed by atoms with Crippen molar-refractivity contribution in [2.75, 3.05) is 5.73 Å². The van der Waals surface area contributed by atoms with Gasteiger partial charge in [0.25, 0.3) is 0 Å². The zero-order chi connectivity index (χ0) is 11.1. The average molecular weight is 206 g/mol. The number of aryl methyl sites for hydroxylation is 1. The Morgan fingerprint density at radius 2 is 1.87 bits per heavy atom. The molecule has 80 valence electrons. The van der Waals surface area contributed by atoms with Crippen LogP contribution in [0, 0.1) is 0 Å². The van der Waals surface area contributed by atoms with Gasteiger partial charge in [0.2, 0.25) is 0 Å². The zero-order valence-electron chi connectivity index (χ0n) is 9.05. The molecule has 0 aliphatic heterocycles. The third-order valence-electron chi connectivity index (χ3n) is 2.46. The van der Waals surface area contributed by atoms with E-state index in [9.17, 15) is 0 Å². The van der Waals surface area contributed by atoms with Gasteiger partial charge in [-0.25, -0.2) is 0 Å². The fourth-order valence-corrected chi connectivity index (χ4v) is 1.39. The number of rotatable bonds is 2. The SMILES string of the molecule is Cn1nc(C(C)(C)n2nccn2)cc1N. The van der Waals surface area contributed by atoms with E-state index < -0.39 is 5.54 Å². The van der Waals surface area contributed by atoms with Crippen LogP contribution in [0.15, 0.2) is 18.5 Å². The molecule has 0 aliphatic carbocycles. The second-order valence-electron chi connectivity index (χ2n) is 3.96. The van der Waals surface area contributed by atoms with Crippen molar-refractivity contribution < 1.29 is 0 Å². The van der Waals surface area contributed by atoms with Crippen molar-refractivity contribution in [1.82, 2.24) is 24.8 Å². The third kappa shape index (κ3) is 1.47. The maximum Gasteiger partial charge on any atom is 0.121 e. The van der Waals surface area contributed by atoms with Gasteiger partial charge in [0.15, 0.2) is 0 Å². The van der Waals surface area contributed by atoms with Crippen molar-refractivity contribution in [1.29, 1.82) is 0 Å². The van der Waals surface area contributed by atoms with Gasteiger partial charge in [0, 0.05) is 13.1 Å². The van der Waals surface area contributed by atoms with Crippen LogP contribution in [-0.4, -0.2) is 24.8 Å². The van der Waals surface area contributed by atoms with Crippen LogP contribution in [0.2, 0.25) is 0 Å². The number of hydrogen-bond donors (Lipinski definition) is 1. The van der Waals surface area contributed by atoms with E-state index in [1.807, 2.05) is 27.0 Å². The lowest BCUT2D eigenvalue weighted by Gasteiger charge is -2.20. The smallest absolute Gasteiger partial charge is 0.121 e. The lowest BCUT2D eigenvalue weighted by atomic mass is 10.0. The van der Waals surface area contributed by atoms with Gasteiger partial charge in [0.1, 0.15) is 11.4 Å². The van der Waals surface area contributed by atoms with Crippen molar-refractivity contribution in [3.8, 4) is 0 Å². The van der Waals surface area contributed by atoms with E-state index in [4.69, 9.17) is 5.73 Å². The number of anilines is 1. The van der Waals surface area contributed by atoms with Gasteiger partial charge in [-0.05, 0) is 13.8 Å². The Morgan fingerprint density at radius 1 is 1.27 bits per heavy atom. The summed E-state index contributed by atoms with van der Waals surface area (Å²) in [5, 5.41) is 12.6. The highest BCUT2D eigenvalue weighted by Crippen LogP contribution is 2.23. The number of nitrogens with zero attached hydrogens (tertiary/aromatic N) is 5. The Hall–Kier alpha value is -1.85. The second-order valence-corrected chi connectivity index (χ2v) is 3.96. The van der Waals surface area contributed by atoms with E-state index in [0.29, 0.717) is 5.82 Å². The molecule has 2 N–H and O–H groups in total. The second kappa shape index (κ2) is 3.08. The molecule has 15 heavy (non-hydrogen) atoms. The van der Waals surface area contributed by atoms with E-state index in [1.165, 1.54) is 0 Å². The largest absolute Gasteiger partial charge is 0.384 e. The average Bonchev–Trinajstić information content (AvgIpc) is 2.77. The van der Waals surface area contributed by atoms with Gasteiger partial charge in [-0.1, -0.05) is 0 Å². The summed E-state index contributed by atoms with van der Waals surface area (Å²) in [4.78, 5) is 1.62. The number of hydrogen-bond acceptors (Lipinski definition) is 4. The summed E-state index contributed by atoms with van der Waals surface area (Å²) in [5.74, 6) is 0.630. The molecule has 0 aliphatic rings. The van der Waals surface area contributed by atoms with E-state index >= 15 is 0 Å². The molecular formula is C9H14N6. The van der Waals surface area contributed by atoms with E-state index in [2.05, 4.69) is 15.3 Å². The lowest BCUT2D eigenvalue weighted by molar-refractivity contribution is 0.332. The molecule has 0 atom stereocenters. The summed E-state index contributed by atoms with van der Waals surface area (Å²) in [6, 6.07) is 1.84. The van der Waals surface area contributed by atoms with Crippen molar-refractivity contribution in [2.45, 2.75) is 19.4 Å². The molecule has 0 amide bonds. The minimum atomic E-state index is -0.390. The molecule has 2 rings (SSSR count). The minimum Gasteiger partial charge on any atom is -0.384 e. The molecule has 0 saturated carbocycles. The van der Waals surface area contributed by atoms with Gasteiger partial charge in [-0.15, -0.1) is 0 Å². The Balaban J connectivity index is 2.46. The van der Waals surface area contributed by atoms with E-state index in [0.717, 1.165) is 5.69 Å². The summed E-state index contributed by atoms with van der Waals surface area (Å²) in [6.07, 6.45) is 3.29. The Kier molecular flexibility index (Phi) is 1.99. The normalized spacial score (nSPS) is 11.9. The van der Waals surface area contributed by atoms with Gasteiger partial charge in [-0.2, -0.15) is 20.1 Å². The van der Waals surface area contributed by atoms with E-state index in [-0.39, 0.29) is 0 Å². The molecule has 2 heterocycles. The van der Waals surface area contributed by atoms with Crippen LogP contribution < -0.4 is 5.73 Å². The predicted molar refractivity (Wildman–Crippen MR) is 56.1 cm³/mol. The van der Waals surface area contributed by atoms with Crippen molar-refractivity contribution in [3.63, 3.8) is 0 Å². The highest BCUT2D eigenvalue weighted by molar-refractivity contribution is 5.33. The van der Waals surface area contributed by atoms with Crippen LogP contribution in [0.5, 0.6) is 0 Å². The molecular weight excluding hydrogens is 192 g/mol. The molecule has 0 unspecified atom stereocenters. The maximum absolute atomic E-state index is 5.74. The molecule has 2 aromatic heterocycles. The molecule has 0 saturated heterocycles. The molecule has 0 fully saturated rings. The summed E-state index contributed by atoms with van der Waals surface area (Å²) in [7, 11) is 1.81. The topological polar surface area (TPSA) is 74.5 Å². The summed E-state index contributed by atoms with van der Waals surface area (Å²) < 4.78 is 1.64. The Labute approximate surface area is 87.7 Å². The third-order valence-corrected chi connectivity index (χ3v) is 2.46. The van der Waals surface area contributed by atoms with Crippen LogP contribution >= 0.6 is 0 Å². The number of nitrogen functional groups attached to an aromatic ring is 1. The van der Waals surface area contributed by atoms with Crippen LogP contribution in [0.3, 0.4) is 0 Å². The van der Waals surface area contributed by atoms with Crippen LogP contribution in [0.1, 0.15) is 19.5 Å². The van der Waals surface area contributed by atoms with Crippen LogP contribution in [0.25, 0.3) is 0 Å². The quantitative estimate of drug-likeness (QED) is 0.770. The Morgan fingerprint density at radius 3 is 2.33 bits per heavy atom. The highest BCUT2D eigenvalue weighted by Gasteiger charge is 2.28. The summed E-state index contributed by atoms with van der Waals surface area (Å²) in [5.41, 5.74) is 6.20. The molecule has 0 spiro atoms. The molecule has 0 aromatic carbocycles. The first kappa shape index (κ1) is 9.70. The van der Waals surface area contributed by atoms with Crippen LogP contribution in [0.4, 0.5) is 5.82 Å². The monoisotopic (exact) mass is 206 g/mol. The summed E-state index contributed by atoms with van der Waals surface area (Å²) in [6.45, 7) is 3.99. The van der Waals surface area contributed by atoms with Gasteiger partial charge in [0.05, 0.1) is 18.1 Å². The highest BCUT2D eigenvalue weighted by atomic mass is 15.5. The first-order valence-electron chi connectivity index (χ1n) is 4.68. The number of aromatic nitrogens is 5. The van der Waals surface area contributed by atoms with Gasteiger partial charge in [-0.3, -0.25) is 4.68 Å². The molecule has 6 nitrogen and oxygen atoms in total. The van der Waals surface area contributed by atoms with Gasteiger partial charge >= 0.3 is 0 Å². The fraction of sp³-hybridized carbons (Fsp3) is 0.444. The van der Waals surface area contributed by atoms with Gasteiger partial charge < -0.3 is 5.73 Å². The summed E-state index contributed by atoms with van der Waals surface area (Å²) >= 11 is 0. The minimum absolute atomic E-state index is 0.390. The predicted octanol–water partition coefficient (Wildman–Crippen LogP) is 0.377. The fourth-order valence-electron chi connectivity index (χ4n) is 1.39. The maximum atomic E-state index is 5.74. The first-order chi connectivity index (χ1) is 7.01. The standard InChI is InChI=1S/C9H14N6/c1-9(2,15-11-4-5-12-15)7-6-8(10)14(3)13-7/h4-6H,10H2,1-3H3. The lowest BCUT2D eigenvalue weighted by Crippen LogP contribution is -2.30. The molecule has 0 radical (unpaired) electrons. The first-order valence-corrected chi connectivity index (χ1v) is 4.68. The van der Waals surface area contributed by atoms with Crippen molar-refractivity contribution in [2.24, 2.45) is 7.05 Å². The van der Waals surface area contributed by atoms with Crippen molar-refractivity contribution >= 4 is 5.82 Å². The molecule has 0 bridgehead atoms. The molecule has 2 aromatic rings. The number of nitrogens with two attached hydrogens (primary N) is 1. The van der Waals surface area contributed by atoms with Crippen molar-refractivity contribution in [3.05, 3.63) is 24.2 Å². The Bertz CT molecular complexity index is 433. The van der Waals surface area contributed by atoms with Crippen LogP contribution in [-0.2, 0) is 12.6 Å². The van der Waals surface area contributed by atoms with E-state index in [1.54, 1.807) is 21.9 Å². The molecule has 6 heteroatoms. The zero-order valence-corrected chi connectivity index (χ0v) is 9.05.